The number of para-hydroxylation sites is 2. The largest absolute Gasteiger partial charge is 0.496 e. The zero-order valence-corrected chi connectivity index (χ0v) is 13.4. The van der Waals surface area contributed by atoms with Gasteiger partial charge in [0.15, 0.2) is 0 Å². The molecule has 0 fully saturated rings. The molecule has 0 aliphatic carbocycles. The third kappa shape index (κ3) is 4.06. The van der Waals surface area contributed by atoms with Crippen molar-refractivity contribution in [2.45, 2.75) is 6.54 Å². The van der Waals surface area contributed by atoms with Crippen molar-refractivity contribution in [2.75, 3.05) is 26.6 Å². The first-order chi connectivity index (χ1) is 11.2. The number of hydrogen-bond donors (Lipinski definition) is 2. The number of carbonyl (C=O) groups is 1. The average molecular weight is 316 g/mol. The van der Waals surface area contributed by atoms with E-state index in [0.29, 0.717) is 23.7 Å². The van der Waals surface area contributed by atoms with Crippen molar-refractivity contribution < 1.29 is 19.0 Å². The molecule has 122 valence electrons. The number of nitrogens with one attached hydrogen (secondary N) is 2. The van der Waals surface area contributed by atoms with Gasteiger partial charge >= 0.3 is 6.03 Å². The molecule has 0 saturated carbocycles. The second-order valence-corrected chi connectivity index (χ2v) is 4.66. The van der Waals surface area contributed by atoms with Crippen molar-refractivity contribution in [1.82, 2.24) is 5.32 Å². The van der Waals surface area contributed by atoms with Crippen LogP contribution in [-0.2, 0) is 6.54 Å². The summed E-state index contributed by atoms with van der Waals surface area (Å²) in [6.45, 7) is 0.341. The molecule has 0 aliphatic heterocycles. The third-order valence-electron chi connectivity index (χ3n) is 3.30. The quantitative estimate of drug-likeness (QED) is 0.859. The number of anilines is 1. The van der Waals surface area contributed by atoms with Gasteiger partial charge in [0.05, 0.1) is 21.3 Å². The number of benzene rings is 2. The van der Waals surface area contributed by atoms with Crippen LogP contribution in [-0.4, -0.2) is 27.4 Å². The number of urea groups is 1. The first kappa shape index (κ1) is 16.5. The summed E-state index contributed by atoms with van der Waals surface area (Å²) in [6, 6.07) is 12.4. The first-order valence-corrected chi connectivity index (χ1v) is 7.07. The van der Waals surface area contributed by atoms with Crippen molar-refractivity contribution in [3.8, 4) is 17.2 Å². The molecule has 0 heterocycles. The number of rotatable bonds is 6. The molecule has 0 atom stereocenters. The van der Waals surface area contributed by atoms with Crippen molar-refractivity contribution in [2.24, 2.45) is 0 Å². The fraction of sp³-hybridized carbons (Fsp3) is 0.235. The van der Waals surface area contributed by atoms with Gasteiger partial charge in [-0.2, -0.15) is 0 Å². The summed E-state index contributed by atoms with van der Waals surface area (Å²) in [6.07, 6.45) is 0. The Balaban J connectivity index is 2.06. The van der Waals surface area contributed by atoms with Crippen molar-refractivity contribution in [1.29, 1.82) is 0 Å². The second-order valence-electron chi connectivity index (χ2n) is 4.66. The van der Waals surface area contributed by atoms with Gasteiger partial charge in [-0.05, 0) is 18.2 Å². The van der Waals surface area contributed by atoms with Crippen molar-refractivity contribution in [3.63, 3.8) is 0 Å². The fourth-order valence-corrected chi connectivity index (χ4v) is 2.16. The Morgan fingerprint density at radius 3 is 2.04 bits per heavy atom. The Bertz CT molecular complexity index is 651. The minimum absolute atomic E-state index is 0.341. The average Bonchev–Trinajstić information content (AvgIpc) is 2.60. The fourth-order valence-electron chi connectivity index (χ4n) is 2.16. The lowest BCUT2D eigenvalue weighted by atomic mass is 10.2. The first-order valence-electron chi connectivity index (χ1n) is 7.07. The Morgan fingerprint density at radius 2 is 1.43 bits per heavy atom. The molecule has 6 heteroatoms. The monoisotopic (exact) mass is 316 g/mol. The zero-order chi connectivity index (χ0) is 16.7. The summed E-state index contributed by atoms with van der Waals surface area (Å²) < 4.78 is 15.7. The Morgan fingerprint density at radius 1 is 0.870 bits per heavy atom. The van der Waals surface area contributed by atoms with E-state index in [0.717, 1.165) is 11.3 Å². The van der Waals surface area contributed by atoms with E-state index in [1.807, 2.05) is 24.3 Å². The molecule has 2 aromatic rings. The highest BCUT2D eigenvalue weighted by Gasteiger charge is 2.13. The second kappa shape index (κ2) is 7.93. The predicted octanol–water partition coefficient (Wildman–Crippen LogP) is 3.03. The molecule has 0 aromatic heterocycles. The number of amides is 2. The van der Waals surface area contributed by atoms with Crippen molar-refractivity contribution in [3.05, 3.63) is 48.0 Å². The van der Waals surface area contributed by atoms with Gasteiger partial charge in [-0.15, -0.1) is 0 Å². The summed E-state index contributed by atoms with van der Waals surface area (Å²) in [5.74, 6) is 1.77. The molecule has 0 aliphatic rings. The molecule has 2 rings (SSSR count). The van der Waals surface area contributed by atoms with Gasteiger partial charge in [-0.3, -0.25) is 0 Å². The maximum Gasteiger partial charge on any atom is 0.319 e. The minimum Gasteiger partial charge on any atom is -0.496 e. The molecule has 0 spiro atoms. The van der Waals surface area contributed by atoms with Crippen LogP contribution < -0.4 is 24.8 Å². The van der Waals surface area contributed by atoms with Gasteiger partial charge in [0.1, 0.15) is 22.9 Å². The van der Waals surface area contributed by atoms with Gasteiger partial charge < -0.3 is 24.8 Å². The Labute approximate surface area is 135 Å². The number of ether oxygens (including phenoxy) is 3. The Hall–Kier alpha value is -2.89. The van der Waals surface area contributed by atoms with Crippen LogP contribution >= 0.6 is 0 Å². The van der Waals surface area contributed by atoms with E-state index in [1.165, 1.54) is 14.2 Å². The van der Waals surface area contributed by atoms with Crippen LogP contribution in [0.4, 0.5) is 10.5 Å². The van der Waals surface area contributed by atoms with Crippen LogP contribution in [0.2, 0.25) is 0 Å². The van der Waals surface area contributed by atoms with Gasteiger partial charge in [-0.25, -0.2) is 4.79 Å². The maximum atomic E-state index is 12.1. The normalized spacial score (nSPS) is 9.87. The third-order valence-corrected chi connectivity index (χ3v) is 3.30. The van der Waals surface area contributed by atoms with Crippen LogP contribution in [0.1, 0.15) is 5.56 Å². The zero-order valence-electron chi connectivity index (χ0n) is 13.4. The molecule has 23 heavy (non-hydrogen) atoms. The van der Waals surface area contributed by atoms with Crippen LogP contribution in [0.25, 0.3) is 0 Å². The summed E-state index contributed by atoms with van der Waals surface area (Å²) in [7, 11) is 4.66. The summed E-state index contributed by atoms with van der Waals surface area (Å²) in [4.78, 5) is 12.1. The molecule has 2 amide bonds. The molecule has 0 radical (unpaired) electrons. The van der Waals surface area contributed by atoms with E-state index in [4.69, 9.17) is 14.2 Å². The van der Waals surface area contributed by atoms with Gasteiger partial charge in [-0.1, -0.05) is 24.3 Å². The molecule has 0 saturated heterocycles. The summed E-state index contributed by atoms with van der Waals surface area (Å²) >= 11 is 0. The molecule has 6 nitrogen and oxygen atoms in total. The van der Waals surface area contributed by atoms with E-state index in [-0.39, 0.29) is 6.03 Å². The smallest absolute Gasteiger partial charge is 0.319 e. The lowest BCUT2D eigenvalue weighted by molar-refractivity contribution is 0.251. The molecule has 0 unspecified atom stereocenters. The van der Waals surface area contributed by atoms with Crippen molar-refractivity contribution >= 4 is 11.7 Å². The number of methoxy groups -OCH3 is 3. The molecular formula is C17H20N2O4. The van der Waals surface area contributed by atoms with Gasteiger partial charge in [0.25, 0.3) is 0 Å². The summed E-state index contributed by atoms with van der Waals surface area (Å²) in [5.41, 5.74) is 1.37. The highest BCUT2D eigenvalue weighted by molar-refractivity contribution is 5.93. The van der Waals surface area contributed by atoms with Gasteiger partial charge in [0.2, 0.25) is 0 Å². The van der Waals surface area contributed by atoms with Crippen LogP contribution in [0.15, 0.2) is 42.5 Å². The Kier molecular flexibility index (Phi) is 5.68. The highest BCUT2D eigenvalue weighted by atomic mass is 16.5. The van der Waals surface area contributed by atoms with E-state index in [1.54, 1.807) is 25.3 Å². The minimum atomic E-state index is -0.362. The molecule has 2 N–H and O–H groups in total. The molecule has 0 bridgehead atoms. The summed E-state index contributed by atoms with van der Waals surface area (Å²) in [5, 5.41) is 5.53. The van der Waals surface area contributed by atoms with E-state index >= 15 is 0 Å². The molecular weight excluding hydrogens is 296 g/mol. The van der Waals surface area contributed by atoms with Crippen LogP contribution in [0.3, 0.4) is 0 Å². The lowest BCUT2D eigenvalue weighted by Crippen LogP contribution is -2.28. The van der Waals surface area contributed by atoms with Crippen LogP contribution in [0.5, 0.6) is 17.2 Å². The van der Waals surface area contributed by atoms with Gasteiger partial charge in [0, 0.05) is 12.1 Å². The van der Waals surface area contributed by atoms with Crippen LogP contribution in [0, 0.1) is 0 Å². The predicted molar refractivity (Wildman–Crippen MR) is 88.4 cm³/mol. The maximum absolute atomic E-state index is 12.1. The standard InChI is InChI=1S/C17H20N2O4/c1-21-13-8-5-4-7-12(13)11-18-17(20)19-16-14(22-2)9-6-10-15(16)23-3/h4-10H,11H2,1-3H3,(H2,18,19,20). The number of carbonyl (C=O) groups excluding carboxylic acids is 1. The lowest BCUT2D eigenvalue weighted by Gasteiger charge is -2.15. The van der Waals surface area contributed by atoms with E-state index in [9.17, 15) is 4.79 Å². The van der Waals surface area contributed by atoms with E-state index < -0.39 is 0 Å². The highest BCUT2D eigenvalue weighted by Crippen LogP contribution is 2.33. The van der Waals surface area contributed by atoms with E-state index in [2.05, 4.69) is 10.6 Å². The number of hydrogen-bond acceptors (Lipinski definition) is 4. The topological polar surface area (TPSA) is 68.8 Å². The SMILES string of the molecule is COc1ccccc1CNC(=O)Nc1c(OC)cccc1OC. The molecule has 2 aromatic carbocycles.